The lowest BCUT2D eigenvalue weighted by atomic mass is 9.66. The number of aromatic hydroxyl groups is 1. The van der Waals surface area contributed by atoms with Crippen LogP contribution in [0.15, 0.2) is 62.7 Å². The zero-order valence-electron chi connectivity index (χ0n) is 15.3. The van der Waals surface area contributed by atoms with E-state index in [2.05, 4.69) is 39.8 Å². The average Bonchev–Trinajstić information content (AvgIpc) is 2.59. The van der Waals surface area contributed by atoms with Crippen LogP contribution in [0, 0.1) is 0 Å². The zero-order valence-corrected chi connectivity index (χ0v) is 15.3. The van der Waals surface area contributed by atoms with Crippen LogP contribution in [-0.2, 0) is 5.41 Å². The van der Waals surface area contributed by atoms with Crippen LogP contribution < -0.4 is 5.63 Å². The number of phenolic OH excluding ortho intramolecular Hbond substituents is 1. The summed E-state index contributed by atoms with van der Waals surface area (Å²) in [6.45, 7) is 8.67. The summed E-state index contributed by atoms with van der Waals surface area (Å²) in [5.74, 6) is -0.0574. The normalized spacial score (nSPS) is 17.6. The summed E-state index contributed by atoms with van der Waals surface area (Å²) in [5.41, 5.74) is 3.22. The van der Waals surface area contributed by atoms with Crippen molar-refractivity contribution >= 4 is 16.7 Å². The van der Waals surface area contributed by atoms with Crippen molar-refractivity contribution in [3.8, 4) is 5.75 Å². The molecule has 4 heteroatoms. The van der Waals surface area contributed by atoms with Crippen LogP contribution in [-0.4, -0.2) is 16.4 Å². The van der Waals surface area contributed by atoms with Crippen molar-refractivity contribution in [3.05, 3.63) is 75.6 Å². The van der Waals surface area contributed by atoms with E-state index in [0.29, 0.717) is 5.39 Å². The van der Waals surface area contributed by atoms with Crippen molar-refractivity contribution in [3.63, 3.8) is 0 Å². The van der Waals surface area contributed by atoms with Gasteiger partial charge in [0.25, 0.3) is 0 Å². The van der Waals surface area contributed by atoms with Gasteiger partial charge in [0.15, 0.2) is 11.3 Å². The fourth-order valence-electron chi connectivity index (χ4n) is 3.56. The SMILES string of the molecule is CC1(C)N=C(c2cc(O)c3oc(=O)ccc3c2)c2ccccc2C1(C)C. The van der Waals surface area contributed by atoms with Gasteiger partial charge in [-0.1, -0.05) is 38.1 Å². The van der Waals surface area contributed by atoms with Gasteiger partial charge in [-0.05, 0) is 37.6 Å². The summed E-state index contributed by atoms with van der Waals surface area (Å²) in [6, 6.07) is 14.8. The minimum atomic E-state index is -0.483. The summed E-state index contributed by atoms with van der Waals surface area (Å²) in [6.07, 6.45) is 0. The van der Waals surface area contributed by atoms with Crippen LogP contribution >= 0.6 is 0 Å². The number of aliphatic imine (C=N–C) groups is 1. The molecule has 0 aliphatic carbocycles. The Hall–Kier alpha value is -2.88. The maximum Gasteiger partial charge on any atom is 0.336 e. The Labute approximate surface area is 151 Å². The van der Waals surface area contributed by atoms with Crippen molar-refractivity contribution in [1.29, 1.82) is 0 Å². The predicted molar refractivity (Wildman–Crippen MR) is 103 cm³/mol. The van der Waals surface area contributed by atoms with Gasteiger partial charge in [-0.3, -0.25) is 4.99 Å². The molecule has 0 spiro atoms. The molecule has 4 nitrogen and oxygen atoms in total. The second kappa shape index (κ2) is 5.31. The molecule has 2 heterocycles. The molecule has 0 bridgehead atoms. The van der Waals surface area contributed by atoms with Gasteiger partial charge in [0.1, 0.15) is 0 Å². The Kier molecular flexibility index (Phi) is 3.38. The van der Waals surface area contributed by atoms with E-state index in [4.69, 9.17) is 9.41 Å². The highest BCUT2D eigenvalue weighted by Crippen LogP contribution is 2.44. The highest BCUT2D eigenvalue weighted by Gasteiger charge is 2.43. The minimum absolute atomic E-state index is 0.0574. The van der Waals surface area contributed by atoms with E-state index in [-0.39, 0.29) is 22.3 Å². The van der Waals surface area contributed by atoms with E-state index in [1.807, 2.05) is 18.2 Å². The van der Waals surface area contributed by atoms with Gasteiger partial charge in [-0.15, -0.1) is 0 Å². The monoisotopic (exact) mass is 347 g/mol. The molecule has 3 aromatic rings. The number of rotatable bonds is 1. The molecule has 1 aliphatic heterocycles. The standard InChI is InChI=1S/C22H21NO3/c1-21(2)16-8-6-5-7-15(16)19(23-22(21,3)4)14-11-13-9-10-18(25)26-20(13)17(24)12-14/h5-12,24H,1-4H3. The molecular weight excluding hydrogens is 326 g/mol. The molecule has 0 fully saturated rings. The molecule has 2 aromatic carbocycles. The largest absolute Gasteiger partial charge is 0.504 e. The topological polar surface area (TPSA) is 62.8 Å². The van der Waals surface area contributed by atoms with Gasteiger partial charge in [0, 0.05) is 28.0 Å². The van der Waals surface area contributed by atoms with E-state index in [9.17, 15) is 9.90 Å². The number of nitrogens with zero attached hydrogens (tertiary/aromatic N) is 1. The third kappa shape index (κ3) is 2.29. The van der Waals surface area contributed by atoms with E-state index < -0.39 is 5.63 Å². The number of hydrogen-bond acceptors (Lipinski definition) is 4. The summed E-state index contributed by atoms with van der Waals surface area (Å²) in [4.78, 5) is 16.5. The minimum Gasteiger partial charge on any atom is -0.504 e. The summed E-state index contributed by atoms with van der Waals surface area (Å²) >= 11 is 0. The molecule has 1 N–H and O–H groups in total. The molecule has 26 heavy (non-hydrogen) atoms. The summed E-state index contributed by atoms with van der Waals surface area (Å²) in [7, 11) is 0. The lowest BCUT2D eigenvalue weighted by Gasteiger charge is -2.44. The maximum absolute atomic E-state index is 11.4. The first-order valence-corrected chi connectivity index (χ1v) is 8.68. The smallest absolute Gasteiger partial charge is 0.336 e. The van der Waals surface area contributed by atoms with Crippen molar-refractivity contribution in [1.82, 2.24) is 0 Å². The molecule has 1 aromatic heterocycles. The maximum atomic E-state index is 11.4. The van der Waals surface area contributed by atoms with Crippen molar-refractivity contribution < 1.29 is 9.52 Å². The van der Waals surface area contributed by atoms with Crippen LogP contribution in [0.3, 0.4) is 0 Å². The Bertz CT molecular complexity index is 1120. The third-order valence-electron chi connectivity index (χ3n) is 5.75. The summed E-state index contributed by atoms with van der Waals surface area (Å²) in [5, 5.41) is 11.1. The van der Waals surface area contributed by atoms with E-state index in [0.717, 1.165) is 16.8 Å². The molecule has 132 valence electrons. The highest BCUT2D eigenvalue weighted by molar-refractivity contribution is 6.16. The first-order valence-electron chi connectivity index (χ1n) is 8.68. The van der Waals surface area contributed by atoms with Crippen LogP contribution in [0.4, 0.5) is 0 Å². The molecule has 0 saturated carbocycles. The lowest BCUT2D eigenvalue weighted by Crippen LogP contribution is -2.46. The quantitative estimate of drug-likeness (QED) is 0.663. The molecule has 0 atom stereocenters. The second-order valence-corrected chi connectivity index (χ2v) is 7.86. The first kappa shape index (κ1) is 16.6. The van der Waals surface area contributed by atoms with Crippen LogP contribution in [0.5, 0.6) is 5.75 Å². The van der Waals surface area contributed by atoms with Gasteiger partial charge in [-0.25, -0.2) is 4.79 Å². The molecular formula is C22H21NO3. The molecule has 4 rings (SSSR count). The second-order valence-electron chi connectivity index (χ2n) is 7.86. The fourth-order valence-corrected chi connectivity index (χ4v) is 3.56. The molecule has 0 amide bonds. The van der Waals surface area contributed by atoms with Gasteiger partial charge in [-0.2, -0.15) is 0 Å². The number of hydrogen-bond donors (Lipinski definition) is 1. The number of benzene rings is 2. The van der Waals surface area contributed by atoms with E-state index in [1.165, 1.54) is 11.6 Å². The van der Waals surface area contributed by atoms with Gasteiger partial charge in [0.2, 0.25) is 0 Å². The van der Waals surface area contributed by atoms with Crippen LogP contribution in [0.2, 0.25) is 0 Å². The van der Waals surface area contributed by atoms with Crippen molar-refractivity contribution in [2.45, 2.75) is 38.6 Å². The highest BCUT2D eigenvalue weighted by atomic mass is 16.4. The molecule has 0 saturated heterocycles. The molecule has 1 aliphatic rings. The Balaban J connectivity index is 2.01. The third-order valence-corrected chi connectivity index (χ3v) is 5.75. The number of fused-ring (bicyclic) bond motifs is 2. The summed E-state index contributed by atoms with van der Waals surface area (Å²) < 4.78 is 5.13. The Morgan fingerprint density at radius 3 is 2.50 bits per heavy atom. The Morgan fingerprint density at radius 1 is 1.00 bits per heavy atom. The van der Waals surface area contributed by atoms with E-state index in [1.54, 1.807) is 12.1 Å². The van der Waals surface area contributed by atoms with Crippen LogP contribution in [0.25, 0.3) is 11.0 Å². The first-order chi connectivity index (χ1) is 12.2. The Morgan fingerprint density at radius 2 is 1.73 bits per heavy atom. The predicted octanol–water partition coefficient (Wildman–Crippen LogP) is 4.41. The van der Waals surface area contributed by atoms with E-state index >= 15 is 0 Å². The molecule has 0 radical (unpaired) electrons. The fraction of sp³-hybridized carbons (Fsp3) is 0.273. The van der Waals surface area contributed by atoms with Gasteiger partial charge < -0.3 is 9.52 Å². The van der Waals surface area contributed by atoms with Gasteiger partial charge >= 0.3 is 5.63 Å². The van der Waals surface area contributed by atoms with Gasteiger partial charge in [0.05, 0.1) is 11.3 Å². The average molecular weight is 347 g/mol. The molecule has 0 unspecified atom stereocenters. The van der Waals surface area contributed by atoms with Crippen LogP contribution in [0.1, 0.15) is 44.4 Å². The lowest BCUT2D eigenvalue weighted by molar-refractivity contribution is 0.303. The number of phenols is 1. The zero-order chi connectivity index (χ0) is 18.7. The van der Waals surface area contributed by atoms with Crippen molar-refractivity contribution in [2.24, 2.45) is 4.99 Å². The van der Waals surface area contributed by atoms with Crippen molar-refractivity contribution in [2.75, 3.05) is 0 Å².